The zero-order valence-electron chi connectivity index (χ0n) is 18.9. The Morgan fingerprint density at radius 3 is 2.10 bits per heavy atom. The molecule has 2 heterocycles. The molecule has 2 saturated heterocycles. The van der Waals surface area contributed by atoms with Gasteiger partial charge in [-0.05, 0) is 94.6 Å². The minimum Gasteiger partial charge on any atom is -0.372 e. The molecule has 2 aromatic carbocycles. The lowest BCUT2D eigenvalue weighted by Crippen LogP contribution is -2.35. The van der Waals surface area contributed by atoms with Crippen LogP contribution in [0.15, 0.2) is 54.6 Å². The molecule has 162 valence electrons. The van der Waals surface area contributed by atoms with Crippen molar-refractivity contribution in [3.63, 3.8) is 0 Å². The predicted molar refractivity (Wildman–Crippen MR) is 129 cm³/mol. The van der Waals surface area contributed by atoms with Crippen molar-refractivity contribution in [2.45, 2.75) is 58.3 Å². The highest BCUT2D eigenvalue weighted by atomic mass is 15.1. The highest BCUT2D eigenvalue weighted by Crippen LogP contribution is 2.27. The number of rotatable bonds is 8. The molecule has 0 radical (unpaired) electrons. The lowest BCUT2D eigenvalue weighted by molar-refractivity contribution is 0.179. The van der Waals surface area contributed by atoms with Crippen molar-refractivity contribution in [1.82, 2.24) is 4.90 Å². The summed E-state index contributed by atoms with van der Waals surface area (Å²) in [7, 11) is 0. The number of anilines is 1. The number of hydrogen-bond donors (Lipinski definition) is 0. The van der Waals surface area contributed by atoms with Crippen LogP contribution in [0.4, 0.5) is 5.69 Å². The number of piperidine rings is 2. The molecule has 0 spiro atoms. The van der Waals surface area contributed by atoms with Gasteiger partial charge >= 0.3 is 0 Å². The third-order valence-electron chi connectivity index (χ3n) is 7.42. The number of aryl methyl sites for hydroxylation is 1. The molecular formula is C28H40N2. The number of likely N-dealkylation sites (tertiary alicyclic amines) is 1. The van der Waals surface area contributed by atoms with Crippen molar-refractivity contribution in [3.8, 4) is 0 Å². The Kier molecular flexibility index (Phi) is 7.86. The van der Waals surface area contributed by atoms with Crippen molar-refractivity contribution in [3.05, 3.63) is 65.7 Å². The van der Waals surface area contributed by atoms with E-state index in [1.54, 1.807) is 0 Å². The predicted octanol–water partition coefficient (Wildman–Crippen LogP) is 6.34. The molecule has 2 aliphatic heterocycles. The lowest BCUT2D eigenvalue weighted by Gasteiger charge is -2.34. The first kappa shape index (κ1) is 21.4. The summed E-state index contributed by atoms with van der Waals surface area (Å²) in [4.78, 5) is 5.30. The Morgan fingerprint density at radius 1 is 0.733 bits per heavy atom. The van der Waals surface area contributed by atoms with Crippen LogP contribution in [0.5, 0.6) is 0 Å². The molecule has 0 atom stereocenters. The molecule has 0 unspecified atom stereocenters. The highest BCUT2D eigenvalue weighted by Gasteiger charge is 2.21. The van der Waals surface area contributed by atoms with E-state index in [9.17, 15) is 0 Å². The number of unbranched alkanes of at least 4 members (excludes halogenated alkanes) is 1. The molecule has 0 saturated carbocycles. The van der Waals surface area contributed by atoms with Crippen LogP contribution in [0, 0.1) is 18.8 Å². The second-order valence-corrected chi connectivity index (χ2v) is 9.74. The Hall–Kier alpha value is -1.80. The average Bonchev–Trinajstić information content (AvgIpc) is 2.79. The SMILES string of the molecule is Cc1ccc(N2CCC(CCCCN3CCC(Cc4ccccc4)CC3)CC2)cc1. The molecule has 2 aromatic rings. The van der Waals surface area contributed by atoms with Crippen LogP contribution in [0.25, 0.3) is 0 Å². The van der Waals surface area contributed by atoms with E-state index in [2.05, 4.69) is 71.3 Å². The molecular weight excluding hydrogens is 364 g/mol. The van der Waals surface area contributed by atoms with Gasteiger partial charge in [0.15, 0.2) is 0 Å². The van der Waals surface area contributed by atoms with Gasteiger partial charge in [-0.1, -0.05) is 60.9 Å². The monoisotopic (exact) mass is 404 g/mol. The van der Waals surface area contributed by atoms with E-state index in [0.29, 0.717) is 0 Å². The van der Waals surface area contributed by atoms with Crippen LogP contribution in [0.3, 0.4) is 0 Å². The molecule has 30 heavy (non-hydrogen) atoms. The van der Waals surface area contributed by atoms with Crippen LogP contribution in [0.2, 0.25) is 0 Å². The summed E-state index contributed by atoms with van der Waals surface area (Å²) in [5.41, 5.74) is 4.29. The Labute approximate surface area is 184 Å². The summed E-state index contributed by atoms with van der Waals surface area (Å²) in [6.07, 6.45) is 11.0. The van der Waals surface area contributed by atoms with Crippen LogP contribution >= 0.6 is 0 Å². The van der Waals surface area contributed by atoms with Gasteiger partial charge in [0.1, 0.15) is 0 Å². The minimum absolute atomic E-state index is 0.891. The highest BCUT2D eigenvalue weighted by molar-refractivity contribution is 5.47. The van der Waals surface area contributed by atoms with Crippen LogP contribution < -0.4 is 4.90 Å². The van der Waals surface area contributed by atoms with Gasteiger partial charge in [-0.2, -0.15) is 0 Å². The van der Waals surface area contributed by atoms with Gasteiger partial charge in [0, 0.05) is 18.8 Å². The molecule has 2 aliphatic rings. The fraction of sp³-hybridized carbons (Fsp3) is 0.571. The molecule has 0 amide bonds. The van der Waals surface area contributed by atoms with E-state index in [4.69, 9.17) is 0 Å². The molecule has 0 aliphatic carbocycles. The third-order valence-corrected chi connectivity index (χ3v) is 7.42. The van der Waals surface area contributed by atoms with Gasteiger partial charge in [-0.25, -0.2) is 0 Å². The van der Waals surface area contributed by atoms with Crippen LogP contribution in [-0.4, -0.2) is 37.6 Å². The largest absolute Gasteiger partial charge is 0.372 e. The second kappa shape index (κ2) is 11.0. The summed E-state index contributed by atoms with van der Waals surface area (Å²) in [5.74, 6) is 1.84. The maximum absolute atomic E-state index is 2.72. The summed E-state index contributed by atoms with van der Waals surface area (Å²) in [6, 6.07) is 20.1. The molecule has 0 bridgehead atoms. The Bertz CT molecular complexity index is 723. The standard InChI is InChI=1S/C28H40N2/c1-24-10-12-28(13-11-24)30-21-16-25(17-22-30)7-5-6-18-29-19-14-27(15-20-29)23-26-8-3-2-4-9-26/h2-4,8-13,25,27H,5-7,14-23H2,1H3. The normalized spacial score (nSPS) is 19.3. The van der Waals surface area contributed by atoms with E-state index in [0.717, 1.165) is 11.8 Å². The van der Waals surface area contributed by atoms with Crippen molar-refractivity contribution in [1.29, 1.82) is 0 Å². The van der Waals surface area contributed by atoms with E-state index in [-0.39, 0.29) is 0 Å². The zero-order chi connectivity index (χ0) is 20.6. The van der Waals surface area contributed by atoms with Crippen molar-refractivity contribution >= 4 is 5.69 Å². The van der Waals surface area contributed by atoms with Gasteiger partial charge < -0.3 is 9.80 Å². The quantitative estimate of drug-likeness (QED) is 0.474. The van der Waals surface area contributed by atoms with E-state index in [1.165, 1.54) is 101 Å². The average molecular weight is 405 g/mol. The zero-order valence-corrected chi connectivity index (χ0v) is 18.9. The minimum atomic E-state index is 0.891. The Morgan fingerprint density at radius 2 is 1.40 bits per heavy atom. The Balaban J connectivity index is 1.07. The van der Waals surface area contributed by atoms with Crippen molar-refractivity contribution < 1.29 is 0 Å². The van der Waals surface area contributed by atoms with Crippen molar-refractivity contribution in [2.75, 3.05) is 37.6 Å². The van der Waals surface area contributed by atoms with E-state index in [1.807, 2.05) is 0 Å². The third kappa shape index (κ3) is 6.35. The summed E-state index contributed by atoms with van der Waals surface area (Å²) < 4.78 is 0. The number of nitrogens with zero attached hydrogens (tertiary/aromatic N) is 2. The lowest BCUT2D eigenvalue weighted by atomic mass is 9.89. The molecule has 0 aromatic heterocycles. The molecule has 4 rings (SSSR count). The van der Waals surface area contributed by atoms with Crippen molar-refractivity contribution in [2.24, 2.45) is 11.8 Å². The molecule has 2 heteroatoms. The first-order chi connectivity index (χ1) is 14.8. The first-order valence-electron chi connectivity index (χ1n) is 12.3. The second-order valence-electron chi connectivity index (χ2n) is 9.74. The van der Waals surface area contributed by atoms with Gasteiger partial charge in [-0.3, -0.25) is 0 Å². The van der Waals surface area contributed by atoms with E-state index < -0.39 is 0 Å². The van der Waals surface area contributed by atoms with Crippen LogP contribution in [0.1, 0.15) is 56.1 Å². The summed E-state index contributed by atoms with van der Waals surface area (Å²) in [6.45, 7) is 8.59. The van der Waals surface area contributed by atoms with Gasteiger partial charge in [0.05, 0.1) is 0 Å². The smallest absolute Gasteiger partial charge is 0.0366 e. The fourth-order valence-electron chi connectivity index (χ4n) is 5.37. The maximum Gasteiger partial charge on any atom is 0.0366 e. The summed E-state index contributed by atoms with van der Waals surface area (Å²) >= 11 is 0. The number of benzene rings is 2. The topological polar surface area (TPSA) is 6.48 Å². The number of hydrogen-bond acceptors (Lipinski definition) is 2. The summed E-state index contributed by atoms with van der Waals surface area (Å²) in [5, 5.41) is 0. The maximum atomic E-state index is 2.72. The van der Waals surface area contributed by atoms with Crippen LogP contribution in [-0.2, 0) is 6.42 Å². The first-order valence-corrected chi connectivity index (χ1v) is 12.3. The van der Waals surface area contributed by atoms with Gasteiger partial charge in [0.25, 0.3) is 0 Å². The van der Waals surface area contributed by atoms with Gasteiger partial charge in [0.2, 0.25) is 0 Å². The van der Waals surface area contributed by atoms with E-state index >= 15 is 0 Å². The fourth-order valence-corrected chi connectivity index (χ4v) is 5.37. The van der Waals surface area contributed by atoms with Gasteiger partial charge in [-0.15, -0.1) is 0 Å². The molecule has 2 nitrogen and oxygen atoms in total. The molecule has 0 N–H and O–H groups in total. The molecule has 2 fully saturated rings.